The summed E-state index contributed by atoms with van der Waals surface area (Å²) < 4.78 is 112. The van der Waals surface area contributed by atoms with Gasteiger partial charge in [0.15, 0.2) is 0 Å². The Balaban J connectivity index is 1.73. The van der Waals surface area contributed by atoms with Gasteiger partial charge in [0.05, 0.1) is 5.57 Å². The van der Waals surface area contributed by atoms with E-state index in [4.69, 9.17) is 4.74 Å². The monoisotopic (exact) mass is 554 g/mol. The van der Waals surface area contributed by atoms with E-state index in [9.17, 15) is 9.18 Å². The predicted octanol–water partition coefficient (Wildman–Crippen LogP) is 8.56. The van der Waals surface area contributed by atoms with Crippen LogP contribution in [0.4, 0.5) is 30.7 Å². The fourth-order valence-corrected chi connectivity index (χ4v) is 5.45. The lowest BCUT2D eigenvalue weighted by molar-refractivity contribution is -0.174. The van der Waals surface area contributed by atoms with Crippen molar-refractivity contribution in [3.8, 4) is 5.75 Å². The first-order valence-corrected chi connectivity index (χ1v) is 12.8. The van der Waals surface area contributed by atoms with Gasteiger partial charge in [-0.2, -0.15) is 17.6 Å². The van der Waals surface area contributed by atoms with Crippen molar-refractivity contribution in [2.45, 2.75) is 64.5 Å². The first kappa shape index (κ1) is 28.9. The second-order valence-electron chi connectivity index (χ2n) is 10.5. The summed E-state index contributed by atoms with van der Waals surface area (Å²) in [5.74, 6) is -15.5. The number of esters is 1. The summed E-state index contributed by atoms with van der Waals surface area (Å²) in [6.07, 6.45) is 3.28. The highest BCUT2D eigenvalue weighted by Crippen LogP contribution is 2.61. The molecule has 0 spiro atoms. The van der Waals surface area contributed by atoms with E-state index >= 15 is 26.3 Å². The van der Waals surface area contributed by atoms with Crippen molar-refractivity contribution in [1.82, 2.24) is 0 Å². The van der Waals surface area contributed by atoms with Crippen LogP contribution in [0.15, 0.2) is 77.2 Å². The van der Waals surface area contributed by atoms with Crippen LogP contribution in [0.5, 0.6) is 5.75 Å². The van der Waals surface area contributed by atoms with E-state index in [2.05, 4.69) is 6.58 Å². The molecule has 1 aromatic rings. The number of halogens is 7. The topological polar surface area (TPSA) is 26.3 Å². The third kappa shape index (κ3) is 4.47. The molecule has 2 nitrogen and oxygen atoms in total. The van der Waals surface area contributed by atoms with Gasteiger partial charge in [0, 0.05) is 17.6 Å². The summed E-state index contributed by atoms with van der Waals surface area (Å²) in [6.45, 7) is 7.79. The molecular weight excluding hydrogens is 525 g/mol. The van der Waals surface area contributed by atoms with Gasteiger partial charge in [-0.15, -0.1) is 6.58 Å². The molecule has 3 aliphatic rings. The molecule has 4 rings (SSSR count). The molecule has 0 aromatic heterocycles. The van der Waals surface area contributed by atoms with E-state index < -0.39 is 75.2 Å². The van der Waals surface area contributed by atoms with Crippen molar-refractivity contribution >= 4 is 5.97 Å². The van der Waals surface area contributed by atoms with Gasteiger partial charge in [-0.3, -0.25) is 4.79 Å². The molecule has 4 atom stereocenters. The van der Waals surface area contributed by atoms with E-state index in [1.54, 1.807) is 19.9 Å². The van der Waals surface area contributed by atoms with Gasteiger partial charge in [-0.1, -0.05) is 50.6 Å². The van der Waals surface area contributed by atoms with E-state index in [0.29, 0.717) is 24.8 Å². The lowest BCUT2D eigenvalue weighted by atomic mass is 9.64. The fraction of sp³-hybridized carbons (Fsp3) is 0.433. The first-order valence-electron chi connectivity index (χ1n) is 12.8. The van der Waals surface area contributed by atoms with Crippen molar-refractivity contribution in [2.24, 2.45) is 17.3 Å². The summed E-state index contributed by atoms with van der Waals surface area (Å²) in [5, 5.41) is 0. The van der Waals surface area contributed by atoms with Crippen LogP contribution in [-0.2, 0) is 11.2 Å². The number of ether oxygens (including phenoxy) is 1. The summed E-state index contributed by atoms with van der Waals surface area (Å²) in [7, 11) is 0. The summed E-state index contributed by atoms with van der Waals surface area (Å²) >= 11 is 0. The van der Waals surface area contributed by atoms with E-state index in [1.807, 2.05) is 0 Å². The number of hydrogen-bond donors (Lipinski definition) is 0. The smallest absolute Gasteiger partial charge is 0.342 e. The second kappa shape index (κ2) is 10.1. The molecule has 0 heterocycles. The molecular formula is C30H29F7O2. The molecule has 0 N–H and O–H groups in total. The highest BCUT2D eigenvalue weighted by atomic mass is 19.3. The zero-order chi connectivity index (χ0) is 28.9. The van der Waals surface area contributed by atoms with E-state index in [0.717, 1.165) is 25.1 Å². The van der Waals surface area contributed by atoms with E-state index in [1.165, 1.54) is 18.2 Å². The zero-order valence-electron chi connectivity index (χ0n) is 21.8. The van der Waals surface area contributed by atoms with Crippen molar-refractivity contribution in [1.29, 1.82) is 0 Å². The van der Waals surface area contributed by atoms with Gasteiger partial charge < -0.3 is 4.74 Å². The molecule has 0 bridgehead atoms. The Morgan fingerprint density at radius 2 is 1.85 bits per heavy atom. The van der Waals surface area contributed by atoms with Crippen molar-refractivity contribution in [2.75, 3.05) is 0 Å². The average molecular weight is 555 g/mol. The maximum atomic E-state index is 15.9. The Morgan fingerprint density at radius 3 is 2.46 bits per heavy atom. The van der Waals surface area contributed by atoms with Crippen molar-refractivity contribution < 1.29 is 40.3 Å². The van der Waals surface area contributed by atoms with Gasteiger partial charge >= 0.3 is 17.8 Å². The number of hydrogen-bond acceptors (Lipinski definition) is 2. The lowest BCUT2D eigenvalue weighted by Crippen LogP contribution is -2.55. The minimum Gasteiger partial charge on any atom is -0.426 e. The number of alkyl halides is 5. The Hall–Kier alpha value is -3.10. The minimum absolute atomic E-state index is 0.176. The number of carbonyl (C=O) groups excluding carboxylic acids is 1. The van der Waals surface area contributed by atoms with Crippen LogP contribution in [0.1, 0.15) is 45.6 Å². The summed E-state index contributed by atoms with van der Waals surface area (Å²) in [4.78, 5) is 13.0. The van der Waals surface area contributed by atoms with Crippen LogP contribution in [0.25, 0.3) is 0 Å². The Morgan fingerprint density at radius 1 is 1.15 bits per heavy atom. The molecule has 39 heavy (non-hydrogen) atoms. The summed E-state index contributed by atoms with van der Waals surface area (Å²) in [5.41, 5.74) is -6.24. The lowest BCUT2D eigenvalue weighted by Gasteiger charge is -2.45. The van der Waals surface area contributed by atoms with Crippen LogP contribution in [0.3, 0.4) is 0 Å². The van der Waals surface area contributed by atoms with Gasteiger partial charge in [0.25, 0.3) is 0 Å². The summed E-state index contributed by atoms with van der Waals surface area (Å²) in [6, 6.07) is 3.51. The molecule has 0 aliphatic heterocycles. The predicted molar refractivity (Wildman–Crippen MR) is 133 cm³/mol. The van der Waals surface area contributed by atoms with Crippen LogP contribution in [-0.4, -0.2) is 24.0 Å². The minimum atomic E-state index is -5.13. The first-order chi connectivity index (χ1) is 18.2. The third-order valence-corrected chi connectivity index (χ3v) is 7.79. The van der Waals surface area contributed by atoms with Gasteiger partial charge in [0.2, 0.25) is 0 Å². The Labute approximate surface area is 222 Å². The van der Waals surface area contributed by atoms with Crippen LogP contribution < -0.4 is 4.74 Å². The largest absolute Gasteiger partial charge is 0.426 e. The zero-order valence-corrected chi connectivity index (χ0v) is 21.8. The maximum absolute atomic E-state index is 15.9. The Bertz CT molecular complexity index is 1320. The molecule has 0 fully saturated rings. The quantitative estimate of drug-likeness (QED) is 0.146. The number of fused-ring (bicyclic) bond motifs is 2. The standard InChI is InChI=1S/C30H29F7O2/c1-5-7-9-17-10-11-18(15-22(17)31)39-27(38)28(4)13-12-20-21-14-16(3)19(8-6-2)25(32)23(21)29(34,35)30(36,37)24(20)26(28)33/h5,10-16,19,26H,1,6-9H2,2-4H3. The van der Waals surface area contributed by atoms with Crippen LogP contribution >= 0.6 is 0 Å². The number of aryl methyl sites for hydroxylation is 1. The number of allylic oxidation sites excluding steroid dienone is 8. The molecule has 3 aliphatic carbocycles. The number of carbonyl (C=O) groups is 1. The molecule has 9 heteroatoms. The SMILES string of the molecule is C=CCCc1ccc(OC(=O)C2(C)C=CC3=C(C2F)C(F)(F)C(F)(F)C2=C(F)C(CCC)C(C)C=C32)cc1F. The van der Waals surface area contributed by atoms with E-state index in [-0.39, 0.29) is 12.2 Å². The van der Waals surface area contributed by atoms with Gasteiger partial charge in [0.1, 0.15) is 29.0 Å². The van der Waals surface area contributed by atoms with Crippen LogP contribution in [0, 0.1) is 23.1 Å². The second-order valence-corrected chi connectivity index (χ2v) is 10.5. The van der Waals surface area contributed by atoms with Crippen LogP contribution in [0.2, 0.25) is 0 Å². The highest BCUT2D eigenvalue weighted by molar-refractivity contribution is 5.84. The number of rotatable bonds is 7. The highest BCUT2D eigenvalue weighted by Gasteiger charge is 2.70. The molecule has 0 saturated carbocycles. The molecule has 1 aromatic carbocycles. The fourth-order valence-electron chi connectivity index (χ4n) is 5.45. The van der Waals surface area contributed by atoms with Crippen molar-refractivity contribution in [3.05, 3.63) is 88.6 Å². The van der Waals surface area contributed by atoms with Crippen molar-refractivity contribution in [3.63, 3.8) is 0 Å². The average Bonchev–Trinajstić information content (AvgIpc) is 2.86. The molecule has 4 unspecified atom stereocenters. The molecule has 0 amide bonds. The number of benzene rings is 1. The Kier molecular flexibility index (Phi) is 7.51. The third-order valence-electron chi connectivity index (χ3n) is 7.79. The molecule has 210 valence electrons. The normalized spacial score (nSPS) is 29.0. The molecule has 0 radical (unpaired) electrons. The maximum Gasteiger partial charge on any atom is 0.342 e. The van der Waals surface area contributed by atoms with Gasteiger partial charge in [-0.25, -0.2) is 13.2 Å². The van der Waals surface area contributed by atoms with Gasteiger partial charge in [-0.05, 0) is 54.9 Å². The molecule has 0 saturated heterocycles.